The average molecular weight is 244 g/mol. The molecule has 3 heteroatoms. The molecule has 1 saturated carbocycles. The van der Waals surface area contributed by atoms with E-state index in [2.05, 4.69) is 27.7 Å². The highest BCUT2D eigenvalue weighted by Crippen LogP contribution is 2.65. The maximum absolute atomic E-state index is 11.6. The predicted molar refractivity (Wildman–Crippen MR) is 67.0 cm³/mol. The molecule has 0 aromatic carbocycles. The highest BCUT2D eigenvalue weighted by molar-refractivity contribution is 7.91. The summed E-state index contributed by atoms with van der Waals surface area (Å²) in [6.45, 7) is 9.15. The molecule has 0 N–H and O–H groups in total. The van der Waals surface area contributed by atoms with E-state index in [-0.39, 0.29) is 5.41 Å². The first-order valence-electron chi connectivity index (χ1n) is 6.42. The van der Waals surface area contributed by atoms with Gasteiger partial charge in [-0.25, -0.2) is 8.42 Å². The highest BCUT2D eigenvalue weighted by Gasteiger charge is 2.60. The third kappa shape index (κ3) is 1.71. The Morgan fingerprint density at radius 3 is 1.81 bits per heavy atom. The molecule has 0 amide bonds. The van der Waals surface area contributed by atoms with E-state index in [1.165, 1.54) is 0 Å². The van der Waals surface area contributed by atoms with E-state index < -0.39 is 9.84 Å². The van der Waals surface area contributed by atoms with Crippen molar-refractivity contribution in [3.8, 4) is 0 Å². The first-order chi connectivity index (χ1) is 7.22. The second kappa shape index (κ2) is 3.47. The monoisotopic (exact) mass is 244 g/mol. The molecule has 2 nitrogen and oxygen atoms in total. The van der Waals surface area contributed by atoms with Crippen molar-refractivity contribution in [2.24, 2.45) is 22.7 Å². The van der Waals surface area contributed by atoms with Crippen molar-refractivity contribution < 1.29 is 8.42 Å². The van der Waals surface area contributed by atoms with Crippen molar-refractivity contribution in [1.82, 2.24) is 0 Å². The van der Waals surface area contributed by atoms with Gasteiger partial charge in [-0.05, 0) is 41.9 Å². The van der Waals surface area contributed by atoms with Gasteiger partial charge in [0.2, 0.25) is 0 Å². The molecule has 1 aliphatic heterocycles. The summed E-state index contributed by atoms with van der Waals surface area (Å²) in [6, 6.07) is 0. The largest absolute Gasteiger partial charge is 0.229 e. The van der Waals surface area contributed by atoms with Gasteiger partial charge in [0.25, 0.3) is 0 Å². The van der Waals surface area contributed by atoms with Gasteiger partial charge in [0, 0.05) is 0 Å². The molecule has 0 aromatic rings. The fraction of sp³-hybridized carbons (Fsp3) is 1.00. The van der Waals surface area contributed by atoms with Crippen LogP contribution in [0.4, 0.5) is 0 Å². The fourth-order valence-electron chi connectivity index (χ4n) is 4.09. The minimum atomic E-state index is -2.72. The Morgan fingerprint density at radius 2 is 1.50 bits per heavy atom. The molecule has 2 fully saturated rings. The minimum Gasteiger partial charge on any atom is -0.229 e. The molecule has 0 unspecified atom stereocenters. The summed E-state index contributed by atoms with van der Waals surface area (Å²) in [6.07, 6.45) is 3.18. The van der Waals surface area contributed by atoms with Gasteiger partial charge in [0.05, 0.1) is 11.5 Å². The lowest BCUT2D eigenvalue weighted by Crippen LogP contribution is -2.53. The molecule has 1 heterocycles. The Bertz CT molecular complexity index is 363. The van der Waals surface area contributed by atoms with Crippen LogP contribution in [0.1, 0.15) is 47.0 Å². The lowest BCUT2D eigenvalue weighted by atomic mass is 9.45. The van der Waals surface area contributed by atoms with E-state index in [4.69, 9.17) is 0 Å². The van der Waals surface area contributed by atoms with Gasteiger partial charge in [-0.2, -0.15) is 0 Å². The van der Waals surface area contributed by atoms with Crippen LogP contribution < -0.4 is 0 Å². The summed E-state index contributed by atoms with van der Waals surface area (Å²) in [5, 5.41) is 0. The second-order valence-corrected chi connectivity index (χ2v) is 8.92. The molecule has 1 spiro atoms. The zero-order valence-corrected chi connectivity index (χ0v) is 11.7. The molecular formula is C13H24O2S. The summed E-state index contributed by atoms with van der Waals surface area (Å²) in [5.74, 6) is 2.23. The average Bonchev–Trinajstić information content (AvgIpc) is 2.37. The van der Waals surface area contributed by atoms with Crippen LogP contribution in [-0.4, -0.2) is 19.9 Å². The minimum absolute atomic E-state index is 0.160. The van der Waals surface area contributed by atoms with Gasteiger partial charge in [-0.1, -0.05) is 27.7 Å². The molecule has 0 radical (unpaired) electrons. The van der Waals surface area contributed by atoms with Gasteiger partial charge in [0.15, 0.2) is 9.84 Å². The Balaban J connectivity index is 2.14. The van der Waals surface area contributed by atoms with Crippen LogP contribution in [-0.2, 0) is 9.84 Å². The summed E-state index contributed by atoms with van der Waals surface area (Å²) in [7, 11) is -2.72. The van der Waals surface area contributed by atoms with Crippen LogP contribution in [0.2, 0.25) is 0 Å². The van der Waals surface area contributed by atoms with Crippen molar-refractivity contribution in [3.63, 3.8) is 0 Å². The van der Waals surface area contributed by atoms with Gasteiger partial charge in [-0.3, -0.25) is 0 Å². The molecular weight excluding hydrogens is 220 g/mol. The summed E-state index contributed by atoms with van der Waals surface area (Å²) < 4.78 is 23.2. The standard InChI is InChI=1S/C13H24O2S/c1-10(2)13(11(3)4)7-12(8-13)5-6-16(14,15)9-12/h10-11H,5-9H2,1-4H3. The number of rotatable bonds is 2. The van der Waals surface area contributed by atoms with Gasteiger partial charge in [0.1, 0.15) is 0 Å². The third-order valence-corrected chi connectivity index (χ3v) is 7.06. The molecule has 0 bridgehead atoms. The lowest BCUT2D eigenvalue weighted by Gasteiger charge is -2.59. The molecule has 16 heavy (non-hydrogen) atoms. The van der Waals surface area contributed by atoms with Crippen LogP contribution in [0.3, 0.4) is 0 Å². The Hall–Kier alpha value is -0.0500. The van der Waals surface area contributed by atoms with Crippen molar-refractivity contribution in [3.05, 3.63) is 0 Å². The van der Waals surface area contributed by atoms with Gasteiger partial charge < -0.3 is 0 Å². The van der Waals surface area contributed by atoms with Crippen molar-refractivity contribution >= 4 is 9.84 Å². The smallest absolute Gasteiger partial charge is 0.150 e. The fourth-order valence-corrected chi connectivity index (χ4v) is 6.26. The molecule has 0 atom stereocenters. The summed E-state index contributed by atoms with van der Waals surface area (Å²) in [5.41, 5.74) is 0.563. The van der Waals surface area contributed by atoms with Gasteiger partial charge >= 0.3 is 0 Å². The molecule has 2 rings (SSSR count). The van der Waals surface area contributed by atoms with Crippen molar-refractivity contribution in [2.75, 3.05) is 11.5 Å². The lowest BCUT2D eigenvalue weighted by molar-refractivity contribution is -0.0933. The number of hydrogen-bond donors (Lipinski definition) is 0. The van der Waals surface area contributed by atoms with E-state index in [1.54, 1.807) is 0 Å². The molecule has 1 saturated heterocycles. The first-order valence-corrected chi connectivity index (χ1v) is 8.24. The van der Waals surface area contributed by atoms with E-state index >= 15 is 0 Å². The van der Waals surface area contributed by atoms with Crippen molar-refractivity contribution in [2.45, 2.75) is 47.0 Å². The highest BCUT2D eigenvalue weighted by atomic mass is 32.2. The quantitative estimate of drug-likeness (QED) is 0.748. The maximum Gasteiger partial charge on any atom is 0.150 e. The van der Waals surface area contributed by atoms with E-state index in [0.717, 1.165) is 19.3 Å². The molecule has 94 valence electrons. The zero-order valence-electron chi connectivity index (χ0n) is 10.9. The Morgan fingerprint density at radius 1 is 1.00 bits per heavy atom. The normalized spacial score (nSPS) is 29.9. The first kappa shape index (κ1) is 12.4. The molecule has 2 aliphatic rings. The zero-order chi connectivity index (χ0) is 12.2. The Kier molecular flexibility index (Phi) is 2.69. The van der Waals surface area contributed by atoms with Crippen LogP contribution >= 0.6 is 0 Å². The molecule has 1 aliphatic carbocycles. The van der Waals surface area contributed by atoms with E-state index in [0.29, 0.717) is 28.8 Å². The number of sulfone groups is 1. The Labute approximate surface area is 99.7 Å². The number of hydrogen-bond acceptors (Lipinski definition) is 2. The van der Waals surface area contributed by atoms with E-state index in [1.807, 2.05) is 0 Å². The second-order valence-electron chi connectivity index (χ2n) is 6.74. The van der Waals surface area contributed by atoms with Crippen LogP contribution in [0.5, 0.6) is 0 Å². The SMILES string of the molecule is CC(C)C1(C(C)C)CC2(CCS(=O)(=O)C2)C1. The topological polar surface area (TPSA) is 34.1 Å². The predicted octanol–water partition coefficient (Wildman–Crippen LogP) is 2.88. The molecule has 0 aromatic heterocycles. The van der Waals surface area contributed by atoms with Crippen LogP contribution in [0.25, 0.3) is 0 Å². The summed E-state index contributed by atoms with van der Waals surface area (Å²) in [4.78, 5) is 0. The van der Waals surface area contributed by atoms with Crippen LogP contribution in [0.15, 0.2) is 0 Å². The third-order valence-electron chi connectivity index (χ3n) is 5.18. The van der Waals surface area contributed by atoms with Gasteiger partial charge in [-0.15, -0.1) is 0 Å². The summed E-state index contributed by atoms with van der Waals surface area (Å²) >= 11 is 0. The van der Waals surface area contributed by atoms with Crippen LogP contribution in [0, 0.1) is 22.7 Å². The van der Waals surface area contributed by atoms with E-state index in [9.17, 15) is 8.42 Å². The maximum atomic E-state index is 11.6. The van der Waals surface area contributed by atoms with Crippen molar-refractivity contribution in [1.29, 1.82) is 0 Å².